The lowest BCUT2D eigenvalue weighted by molar-refractivity contribution is 0.968. The Labute approximate surface area is 93.3 Å². The molecule has 3 nitrogen and oxygen atoms in total. The molecular weight excluding hydrogens is 210 g/mol. The molecule has 78 valence electrons. The van der Waals surface area contributed by atoms with E-state index in [0.717, 1.165) is 23.0 Å². The van der Waals surface area contributed by atoms with Crippen LogP contribution in [-0.4, -0.2) is 9.97 Å². The second-order valence-corrected chi connectivity index (χ2v) is 3.80. The zero-order valence-corrected chi connectivity index (χ0v) is 8.96. The Hall–Kier alpha value is -1.32. The number of rotatable bonds is 3. The molecule has 15 heavy (non-hydrogen) atoms. The standard InChI is InChI=1S/C11H12ClN3/c12-9-3-1-8(2-4-9)5-11-14-7-10(6-13)15-11/h1-4,7H,5-6,13H2,(H,14,15). The predicted octanol–water partition coefficient (Wildman–Crippen LogP) is 2.11. The lowest BCUT2D eigenvalue weighted by Crippen LogP contribution is -1.97. The van der Waals surface area contributed by atoms with Gasteiger partial charge in [0, 0.05) is 29.9 Å². The quantitative estimate of drug-likeness (QED) is 0.834. The fourth-order valence-electron chi connectivity index (χ4n) is 1.39. The Morgan fingerprint density at radius 1 is 1.27 bits per heavy atom. The third-order valence-electron chi connectivity index (χ3n) is 2.19. The summed E-state index contributed by atoms with van der Waals surface area (Å²) in [5, 5.41) is 0.751. The van der Waals surface area contributed by atoms with Crippen LogP contribution in [-0.2, 0) is 13.0 Å². The van der Waals surface area contributed by atoms with Crippen LogP contribution in [0.25, 0.3) is 0 Å². The summed E-state index contributed by atoms with van der Waals surface area (Å²) < 4.78 is 0. The van der Waals surface area contributed by atoms with Crippen LogP contribution >= 0.6 is 11.6 Å². The summed E-state index contributed by atoms with van der Waals surface area (Å²) in [5.74, 6) is 0.928. The van der Waals surface area contributed by atoms with E-state index < -0.39 is 0 Å². The summed E-state index contributed by atoms with van der Waals surface area (Å²) in [6.07, 6.45) is 2.54. The molecule has 0 aliphatic rings. The van der Waals surface area contributed by atoms with E-state index in [1.54, 1.807) is 6.20 Å². The van der Waals surface area contributed by atoms with Gasteiger partial charge in [0.15, 0.2) is 0 Å². The van der Waals surface area contributed by atoms with Crippen LogP contribution in [0.2, 0.25) is 5.02 Å². The molecule has 0 amide bonds. The number of benzene rings is 1. The highest BCUT2D eigenvalue weighted by atomic mass is 35.5. The monoisotopic (exact) mass is 221 g/mol. The molecule has 0 saturated carbocycles. The van der Waals surface area contributed by atoms with E-state index in [1.165, 1.54) is 5.56 Å². The van der Waals surface area contributed by atoms with Crippen LogP contribution in [0.15, 0.2) is 30.5 Å². The van der Waals surface area contributed by atoms with Crippen LogP contribution in [0.3, 0.4) is 0 Å². The number of hydrogen-bond acceptors (Lipinski definition) is 2. The predicted molar refractivity (Wildman–Crippen MR) is 60.7 cm³/mol. The summed E-state index contributed by atoms with van der Waals surface area (Å²) in [4.78, 5) is 7.39. The third-order valence-corrected chi connectivity index (χ3v) is 2.44. The number of aromatic amines is 1. The first-order chi connectivity index (χ1) is 7.28. The van der Waals surface area contributed by atoms with Gasteiger partial charge in [0.25, 0.3) is 0 Å². The number of nitrogens with two attached hydrogens (primary N) is 1. The van der Waals surface area contributed by atoms with Crippen molar-refractivity contribution in [3.8, 4) is 0 Å². The largest absolute Gasteiger partial charge is 0.345 e. The van der Waals surface area contributed by atoms with Crippen molar-refractivity contribution in [1.29, 1.82) is 0 Å². The highest BCUT2D eigenvalue weighted by Crippen LogP contribution is 2.12. The number of imidazole rings is 1. The fourth-order valence-corrected chi connectivity index (χ4v) is 1.52. The molecule has 1 heterocycles. The Kier molecular flexibility index (Phi) is 3.04. The van der Waals surface area contributed by atoms with Crippen LogP contribution in [0.5, 0.6) is 0 Å². The first kappa shape index (κ1) is 10.2. The molecule has 2 aromatic rings. The van der Waals surface area contributed by atoms with E-state index >= 15 is 0 Å². The average Bonchev–Trinajstić information content (AvgIpc) is 2.69. The Morgan fingerprint density at radius 2 is 2.00 bits per heavy atom. The normalized spacial score (nSPS) is 10.5. The Balaban J connectivity index is 2.11. The lowest BCUT2D eigenvalue weighted by Gasteiger charge is -1.98. The molecule has 0 atom stereocenters. The number of halogens is 1. The van der Waals surface area contributed by atoms with Crippen LogP contribution in [0, 0.1) is 0 Å². The molecule has 0 saturated heterocycles. The van der Waals surface area contributed by atoms with E-state index in [9.17, 15) is 0 Å². The number of aromatic nitrogens is 2. The van der Waals surface area contributed by atoms with E-state index in [0.29, 0.717) is 6.54 Å². The molecule has 0 spiro atoms. The summed E-state index contributed by atoms with van der Waals surface area (Å²) in [6, 6.07) is 7.74. The molecule has 3 N–H and O–H groups in total. The lowest BCUT2D eigenvalue weighted by atomic mass is 10.1. The van der Waals surface area contributed by atoms with E-state index in [2.05, 4.69) is 9.97 Å². The van der Waals surface area contributed by atoms with Crippen molar-refractivity contribution in [3.63, 3.8) is 0 Å². The molecule has 0 aliphatic heterocycles. The van der Waals surface area contributed by atoms with Crippen molar-refractivity contribution in [2.24, 2.45) is 5.73 Å². The second-order valence-electron chi connectivity index (χ2n) is 3.36. The molecule has 1 aromatic heterocycles. The van der Waals surface area contributed by atoms with Gasteiger partial charge in [0.2, 0.25) is 0 Å². The summed E-state index contributed by atoms with van der Waals surface area (Å²) in [5.41, 5.74) is 7.62. The van der Waals surface area contributed by atoms with E-state index in [-0.39, 0.29) is 0 Å². The fraction of sp³-hybridized carbons (Fsp3) is 0.182. The first-order valence-electron chi connectivity index (χ1n) is 4.75. The van der Waals surface area contributed by atoms with Gasteiger partial charge in [-0.3, -0.25) is 0 Å². The smallest absolute Gasteiger partial charge is 0.110 e. The van der Waals surface area contributed by atoms with Gasteiger partial charge in [0.1, 0.15) is 5.82 Å². The van der Waals surface area contributed by atoms with E-state index in [1.807, 2.05) is 24.3 Å². The topological polar surface area (TPSA) is 54.7 Å². The third kappa shape index (κ3) is 2.58. The zero-order chi connectivity index (χ0) is 10.7. The van der Waals surface area contributed by atoms with E-state index in [4.69, 9.17) is 17.3 Å². The van der Waals surface area contributed by atoms with Crippen molar-refractivity contribution in [1.82, 2.24) is 9.97 Å². The number of H-pyrrole nitrogens is 1. The summed E-state index contributed by atoms with van der Waals surface area (Å²) in [7, 11) is 0. The van der Waals surface area contributed by atoms with Crippen LogP contribution < -0.4 is 5.73 Å². The van der Waals surface area contributed by atoms with Gasteiger partial charge in [-0.15, -0.1) is 0 Å². The average molecular weight is 222 g/mol. The van der Waals surface area contributed by atoms with Crippen LogP contribution in [0.4, 0.5) is 0 Å². The van der Waals surface area contributed by atoms with Crippen molar-refractivity contribution < 1.29 is 0 Å². The number of nitrogens with zero attached hydrogens (tertiary/aromatic N) is 1. The van der Waals surface area contributed by atoms with Gasteiger partial charge in [-0.05, 0) is 17.7 Å². The zero-order valence-electron chi connectivity index (χ0n) is 8.20. The van der Waals surface area contributed by atoms with Crippen LogP contribution in [0.1, 0.15) is 17.1 Å². The molecule has 0 bridgehead atoms. The maximum atomic E-state index is 5.80. The van der Waals surface area contributed by atoms with Gasteiger partial charge in [-0.2, -0.15) is 0 Å². The van der Waals surface area contributed by atoms with Gasteiger partial charge in [-0.1, -0.05) is 23.7 Å². The van der Waals surface area contributed by atoms with Crippen molar-refractivity contribution >= 4 is 11.6 Å². The summed E-state index contributed by atoms with van der Waals surface area (Å²) in [6.45, 7) is 0.494. The molecule has 0 unspecified atom stereocenters. The SMILES string of the molecule is NCc1cnc(Cc2ccc(Cl)cc2)[nH]1. The minimum absolute atomic E-state index is 0.494. The Bertz CT molecular complexity index is 433. The van der Waals surface area contributed by atoms with Gasteiger partial charge in [-0.25, -0.2) is 4.98 Å². The minimum Gasteiger partial charge on any atom is -0.345 e. The maximum Gasteiger partial charge on any atom is 0.110 e. The Morgan fingerprint density at radius 3 is 2.60 bits per heavy atom. The molecular formula is C11H12ClN3. The second kappa shape index (κ2) is 4.47. The number of nitrogens with one attached hydrogen (secondary N) is 1. The first-order valence-corrected chi connectivity index (χ1v) is 5.13. The molecule has 0 fully saturated rings. The minimum atomic E-state index is 0.494. The van der Waals surface area contributed by atoms with Gasteiger partial charge < -0.3 is 10.7 Å². The van der Waals surface area contributed by atoms with Crippen molar-refractivity contribution in [2.75, 3.05) is 0 Å². The van der Waals surface area contributed by atoms with Crippen molar-refractivity contribution in [3.05, 3.63) is 52.6 Å². The molecule has 0 aliphatic carbocycles. The highest BCUT2D eigenvalue weighted by Gasteiger charge is 2.00. The van der Waals surface area contributed by atoms with Crippen molar-refractivity contribution in [2.45, 2.75) is 13.0 Å². The molecule has 0 radical (unpaired) electrons. The summed E-state index contributed by atoms with van der Waals surface area (Å²) >= 11 is 5.80. The maximum absolute atomic E-state index is 5.80. The molecule has 4 heteroatoms. The number of hydrogen-bond donors (Lipinski definition) is 2. The highest BCUT2D eigenvalue weighted by molar-refractivity contribution is 6.30. The molecule has 1 aromatic carbocycles. The van der Waals surface area contributed by atoms with Gasteiger partial charge in [0.05, 0.1) is 0 Å². The van der Waals surface area contributed by atoms with Gasteiger partial charge >= 0.3 is 0 Å². The molecule has 2 rings (SSSR count).